The number of carbonyl (C=O) groups excluding carboxylic acids is 1. The Labute approximate surface area is 128 Å². The monoisotopic (exact) mass is 299 g/mol. The molecule has 3 heterocycles. The molecular formula is C15H17N5O2. The van der Waals surface area contributed by atoms with Gasteiger partial charge in [0, 0.05) is 24.6 Å². The number of aryl methyl sites for hydroxylation is 2. The average molecular weight is 299 g/mol. The quantitative estimate of drug-likeness (QED) is 0.826. The zero-order valence-electron chi connectivity index (χ0n) is 12.6. The molecule has 1 saturated heterocycles. The van der Waals surface area contributed by atoms with Crippen LogP contribution >= 0.6 is 0 Å². The summed E-state index contributed by atoms with van der Waals surface area (Å²) in [5.41, 5.74) is 2.04. The van der Waals surface area contributed by atoms with Gasteiger partial charge < -0.3 is 9.64 Å². The molecule has 114 valence electrons. The number of hydrogen-bond acceptors (Lipinski definition) is 6. The molecule has 1 amide bonds. The highest BCUT2D eigenvalue weighted by Gasteiger charge is 2.28. The van der Waals surface area contributed by atoms with Gasteiger partial charge in [0.15, 0.2) is 0 Å². The fourth-order valence-corrected chi connectivity index (χ4v) is 2.49. The Morgan fingerprint density at radius 3 is 2.91 bits per heavy atom. The molecule has 0 N–H and O–H groups in total. The van der Waals surface area contributed by atoms with Gasteiger partial charge in [0.2, 0.25) is 0 Å². The largest absolute Gasteiger partial charge is 0.368 e. The fraction of sp³-hybridized carbons (Fsp3) is 0.400. The summed E-state index contributed by atoms with van der Waals surface area (Å²) in [7, 11) is 0. The lowest BCUT2D eigenvalue weighted by Crippen LogP contribution is -2.42. The van der Waals surface area contributed by atoms with Crippen LogP contribution in [0.2, 0.25) is 0 Å². The van der Waals surface area contributed by atoms with Gasteiger partial charge >= 0.3 is 0 Å². The smallest absolute Gasteiger partial charge is 0.274 e. The number of amides is 1. The lowest BCUT2D eigenvalue weighted by atomic mass is 10.1. The van der Waals surface area contributed by atoms with Crippen LogP contribution in [0.25, 0.3) is 0 Å². The summed E-state index contributed by atoms with van der Waals surface area (Å²) in [6, 6.07) is 1.90. The predicted octanol–water partition coefficient (Wildman–Crippen LogP) is 1.10. The van der Waals surface area contributed by atoms with Crippen molar-refractivity contribution in [2.45, 2.75) is 20.0 Å². The van der Waals surface area contributed by atoms with E-state index in [0.29, 0.717) is 31.2 Å². The Kier molecular flexibility index (Phi) is 4.06. The van der Waals surface area contributed by atoms with Crippen molar-refractivity contribution in [2.24, 2.45) is 0 Å². The summed E-state index contributed by atoms with van der Waals surface area (Å²) >= 11 is 0. The maximum absolute atomic E-state index is 12.4. The van der Waals surface area contributed by atoms with Crippen molar-refractivity contribution >= 4 is 5.91 Å². The predicted molar refractivity (Wildman–Crippen MR) is 78.1 cm³/mol. The summed E-state index contributed by atoms with van der Waals surface area (Å²) in [5, 5.41) is 0. The zero-order valence-corrected chi connectivity index (χ0v) is 12.6. The molecule has 3 rings (SSSR count). The van der Waals surface area contributed by atoms with Crippen molar-refractivity contribution in [3.05, 3.63) is 47.6 Å². The second-order valence-electron chi connectivity index (χ2n) is 5.18. The van der Waals surface area contributed by atoms with E-state index in [1.54, 1.807) is 11.1 Å². The first-order valence-electron chi connectivity index (χ1n) is 7.12. The number of rotatable bonds is 2. The van der Waals surface area contributed by atoms with Crippen LogP contribution < -0.4 is 0 Å². The number of nitrogens with zero attached hydrogens (tertiary/aromatic N) is 5. The molecule has 1 fully saturated rings. The van der Waals surface area contributed by atoms with Crippen molar-refractivity contribution in [1.29, 1.82) is 0 Å². The molecule has 0 spiro atoms. The third-order valence-electron chi connectivity index (χ3n) is 3.45. The Bertz CT molecular complexity index is 657. The van der Waals surface area contributed by atoms with Crippen LogP contribution in [0.5, 0.6) is 0 Å². The molecule has 2 aromatic heterocycles. The van der Waals surface area contributed by atoms with Gasteiger partial charge in [0.05, 0.1) is 25.0 Å². The fourth-order valence-electron chi connectivity index (χ4n) is 2.49. The Hall–Kier alpha value is -2.41. The number of ether oxygens (including phenoxy) is 1. The third-order valence-corrected chi connectivity index (χ3v) is 3.45. The highest BCUT2D eigenvalue weighted by Crippen LogP contribution is 2.22. The van der Waals surface area contributed by atoms with Crippen molar-refractivity contribution in [2.75, 3.05) is 19.7 Å². The van der Waals surface area contributed by atoms with Crippen molar-refractivity contribution in [1.82, 2.24) is 24.8 Å². The van der Waals surface area contributed by atoms with Gasteiger partial charge in [-0.2, -0.15) is 0 Å². The average Bonchev–Trinajstić information content (AvgIpc) is 2.54. The topological polar surface area (TPSA) is 81.1 Å². The van der Waals surface area contributed by atoms with Crippen molar-refractivity contribution < 1.29 is 9.53 Å². The van der Waals surface area contributed by atoms with E-state index >= 15 is 0 Å². The standard InChI is InChI=1S/C15H17N5O2/c1-10-7-12(19-11(2)18-10)14-9-20(5-6-22-14)15(21)13-8-16-3-4-17-13/h3-4,7-8,14H,5-6,9H2,1-2H3/t14-/m0/s1. The molecule has 1 aliphatic heterocycles. The summed E-state index contributed by atoms with van der Waals surface area (Å²) in [4.78, 5) is 30.9. The summed E-state index contributed by atoms with van der Waals surface area (Å²) in [6.07, 6.45) is 4.30. The van der Waals surface area contributed by atoms with Gasteiger partial charge in [-0.3, -0.25) is 9.78 Å². The van der Waals surface area contributed by atoms with Crippen LogP contribution in [0.15, 0.2) is 24.7 Å². The van der Waals surface area contributed by atoms with Crippen LogP contribution in [0.3, 0.4) is 0 Å². The Morgan fingerprint density at radius 1 is 1.32 bits per heavy atom. The van der Waals surface area contributed by atoms with Gasteiger partial charge in [0.25, 0.3) is 5.91 Å². The zero-order chi connectivity index (χ0) is 15.5. The van der Waals surface area contributed by atoms with Crippen LogP contribution in [0.4, 0.5) is 0 Å². The van der Waals surface area contributed by atoms with Gasteiger partial charge in [0.1, 0.15) is 17.6 Å². The van der Waals surface area contributed by atoms with Crippen LogP contribution in [0.1, 0.15) is 33.8 Å². The van der Waals surface area contributed by atoms with E-state index in [-0.39, 0.29) is 12.0 Å². The number of hydrogen-bond donors (Lipinski definition) is 0. The molecule has 7 heteroatoms. The molecule has 0 radical (unpaired) electrons. The summed E-state index contributed by atoms with van der Waals surface area (Å²) in [6.45, 7) is 5.23. The van der Waals surface area contributed by atoms with E-state index in [4.69, 9.17) is 4.74 Å². The van der Waals surface area contributed by atoms with Crippen molar-refractivity contribution in [3.8, 4) is 0 Å². The molecule has 0 aromatic carbocycles. The Balaban J connectivity index is 1.78. The minimum absolute atomic E-state index is 0.135. The molecular weight excluding hydrogens is 282 g/mol. The second kappa shape index (κ2) is 6.15. The van der Waals surface area contributed by atoms with Crippen LogP contribution in [0, 0.1) is 13.8 Å². The lowest BCUT2D eigenvalue weighted by Gasteiger charge is -2.32. The molecule has 0 bridgehead atoms. The second-order valence-corrected chi connectivity index (χ2v) is 5.18. The number of morpholine rings is 1. The SMILES string of the molecule is Cc1cc([C@@H]2CN(C(=O)c3cnccn3)CCO2)nc(C)n1. The van der Waals surface area contributed by atoms with Crippen LogP contribution in [-0.2, 0) is 4.74 Å². The Morgan fingerprint density at radius 2 is 2.18 bits per heavy atom. The lowest BCUT2D eigenvalue weighted by molar-refractivity contribution is -0.0250. The van der Waals surface area contributed by atoms with Gasteiger partial charge in [-0.1, -0.05) is 0 Å². The van der Waals surface area contributed by atoms with Crippen LogP contribution in [-0.4, -0.2) is 50.4 Å². The summed E-state index contributed by atoms with van der Waals surface area (Å²) < 4.78 is 5.77. The maximum Gasteiger partial charge on any atom is 0.274 e. The third kappa shape index (κ3) is 3.09. The first-order valence-corrected chi connectivity index (χ1v) is 7.12. The first kappa shape index (κ1) is 14.5. The van der Waals surface area contributed by atoms with E-state index in [1.807, 2.05) is 19.9 Å². The molecule has 0 unspecified atom stereocenters. The van der Waals surface area contributed by atoms with Crippen molar-refractivity contribution in [3.63, 3.8) is 0 Å². The maximum atomic E-state index is 12.4. The van der Waals surface area contributed by atoms with Gasteiger partial charge in [-0.15, -0.1) is 0 Å². The first-order chi connectivity index (χ1) is 10.6. The molecule has 0 saturated carbocycles. The van der Waals surface area contributed by atoms with E-state index in [2.05, 4.69) is 19.9 Å². The van der Waals surface area contributed by atoms with E-state index in [0.717, 1.165) is 11.4 Å². The number of carbonyl (C=O) groups is 1. The van der Waals surface area contributed by atoms with Gasteiger partial charge in [-0.25, -0.2) is 15.0 Å². The highest BCUT2D eigenvalue weighted by molar-refractivity contribution is 5.92. The molecule has 7 nitrogen and oxygen atoms in total. The molecule has 1 aliphatic rings. The normalized spacial score (nSPS) is 18.3. The van der Waals surface area contributed by atoms with E-state index < -0.39 is 0 Å². The summed E-state index contributed by atoms with van der Waals surface area (Å²) in [5.74, 6) is 0.569. The van der Waals surface area contributed by atoms with Gasteiger partial charge in [-0.05, 0) is 19.9 Å². The molecule has 2 aromatic rings. The van der Waals surface area contributed by atoms with E-state index in [1.165, 1.54) is 12.4 Å². The highest BCUT2D eigenvalue weighted by atomic mass is 16.5. The minimum Gasteiger partial charge on any atom is -0.368 e. The molecule has 1 atom stereocenters. The molecule has 22 heavy (non-hydrogen) atoms. The number of aromatic nitrogens is 4. The molecule has 0 aliphatic carbocycles. The van der Waals surface area contributed by atoms with E-state index in [9.17, 15) is 4.79 Å². The minimum atomic E-state index is -0.241.